The predicted molar refractivity (Wildman–Crippen MR) is 165 cm³/mol. The van der Waals surface area contributed by atoms with Gasteiger partial charge in [0.15, 0.2) is 17.4 Å². The maximum Gasteiger partial charge on any atom is 0.272 e. The first kappa shape index (κ1) is 32.7. The number of amides is 2. The molecule has 5 rings (SSSR count). The molecule has 1 aliphatic carbocycles. The molecule has 45 heavy (non-hydrogen) atoms. The van der Waals surface area contributed by atoms with Crippen molar-refractivity contribution in [3.8, 4) is 11.5 Å². The predicted octanol–water partition coefficient (Wildman–Crippen LogP) is 5.52. The number of ether oxygens (including phenoxy) is 3. The second-order valence-electron chi connectivity index (χ2n) is 13.6. The Bertz CT molecular complexity index is 1570. The molecule has 3 aromatic rings. The van der Waals surface area contributed by atoms with Gasteiger partial charge in [0.2, 0.25) is 5.91 Å². The first-order valence-corrected chi connectivity index (χ1v) is 18.9. The van der Waals surface area contributed by atoms with Crippen LogP contribution < -0.4 is 15.6 Å². The highest BCUT2D eigenvalue weighted by Crippen LogP contribution is 2.36. The van der Waals surface area contributed by atoms with Crippen LogP contribution in [0.1, 0.15) is 48.5 Å². The molecule has 0 spiro atoms. The second-order valence-corrected chi connectivity index (χ2v) is 19.2. The van der Waals surface area contributed by atoms with E-state index in [-0.39, 0.29) is 58.4 Å². The minimum absolute atomic E-state index is 0.0166. The molecule has 0 atom stereocenters. The van der Waals surface area contributed by atoms with Gasteiger partial charge in [-0.05, 0) is 49.1 Å². The lowest BCUT2D eigenvalue weighted by Gasteiger charge is -2.37. The van der Waals surface area contributed by atoms with Crippen molar-refractivity contribution in [3.63, 3.8) is 0 Å². The largest absolute Gasteiger partial charge is 0.450 e. The van der Waals surface area contributed by atoms with Crippen LogP contribution in [0, 0.1) is 23.0 Å². The number of nitrogens with one attached hydrogen (secondary N) is 2. The van der Waals surface area contributed by atoms with Gasteiger partial charge in [0, 0.05) is 51.2 Å². The van der Waals surface area contributed by atoms with Gasteiger partial charge in [0.25, 0.3) is 5.91 Å². The van der Waals surface area contributed by atoms with Crippen LogP contribution in [-0.2, 0) is 32.2 Å². The first-order valence-electron chi connectivity index (χ1n) is 15.2. The van der Waals surface area contributed by atoms with Crippen LogP contribution in [0.3, 0.4) is 0 Å². The van der Waals surface area contributed by atoms with Gasteiger partial charge >= 0.3 is 0 Å². The van der Waals surface area contributed by atoms with Gasteiger partial charge < -0.3 is 18.8 Å². The molecule has 1 saturated heterocycles. The number of aromatic nitrogens is 2. The molecule has 0 bridgehead atoms. The fourth-order valence-corrected chi connectivity index (χ4v) is 5.75. The Morgan fingerprint density at radius 2 is 1.84 bits per heavy atom. The Labute approximate surface area is 261 Å². The molecule has 2 fully saturated rings. The van der Waals surface area contributed by atoms with Crippen LogP contribution in [0.25, 0.3) is 11.0 Å². The summed E-state index contributed by atoms with van der Waals surface area (Å²) < 4.78 is 49.1. The van der Waals surface area contributed by atoms with E-state index in [9.17, 15) is 14.4 Å². The number of Topliss-reactive ketones (excluding diaryl/α,β-unsaturated/α-hetero) is 1. The number of carbonyl (C=O) groups excluding carboxylic acids is 3. The molecule has 2 N–H and O–H groups in total. The molecule has 242 valence electrons. The number of pyridine rings is 1. The van der Waals surface area contributed by atoms with Crippen LogP contribution >= 0.6 is 0 Å². The molecule has 1 saturated carbocycles. The normalized spacial score (nSPS) is 15.9. The third-order valence-corrected chi connectivity index (χ3v) is 9.72. The Morgan fingerprint density at radius 1 is 1.13 bits per heavy atom. The molecule has 10 nitrogen and oxygen atoms in total. The van der Waals surface area contributed by atoms with E-state index < -0.39 is 31.4 Å². The average Bonchev–Trinajstić information content (AvgIpc) is 3.74. The van der Waals surface area contributed by atoms with Crippen molar-refractivity contribution in [1.82, 2.24) is 20.4 Å². The fourth-order valence-electron chi connectivity index (χ4n) is 4.99. The highest BCUT2D eigenvalue weighted by Gasteiger charge is 2.33. The number of fused-ring (bicyclic) bond motifs is 1. The topological polar surface area (TPSA) is 121 Å². The summed E-state index contributed by atoms with van der Waals surface area (Å²) in [6.07, 6.45) is 5.27. The SMILES string of the molecule is CC1(CCC(=O)Cc2cc(F)c(Oc3ccnc4c3c(C(=O)NNC(=O)C3CC3)cn4COCC[Si](C)(C)C)c(F)c2)COC1. The Kier molecular flexibility index (Phi) is 9.70. The number of hydrogen-bond acceptors (Lipinski definition) is 7. The summed E-state index contributed by atoms with van der Waals surface area (Å²) in [4.78, 5) is 42.3. The van der Waals surface area contributed by atoms with Crippen LogP contribution in [0.2, 0.25) is 25.7 Å². The van der Waals surface area contributed by atoms with Gasteiger partial charge in [-0.25, -0.2) is 13.8 Å². The molecule has 2 amide bonds. The fraction of sp³-hybridized carbons (Fsp3) is 0.500. The zero-order chi connectivity index (χ0) is 32.4. The monoisotopic (exact) mass is 642 g/mol. The van der Waals surface area contributed by atoms with E-state index in [1.807, 2.05) is 6.92 Å². The van der Waals surface area contributed by atoms with Gasteiger partial charge in [0.05, 0.1) is 24.2 Å². The van der Waals surface area contributed by atoms with E-state index >= 15 is 8.78 Å². The van der Waals surface area contributed by atoms with Crippen molar-refractivity contribution < 1.29 is 37.4 Å². The maximum absolute atomic E-state index is 15.3. The first-order chi connectivity index (χ1) is 21.3. The molecule has 2 aliphatic rings. The minimum Gasteiger partial charge on any atom is -0.450 e. The van der Waals surface area contributed by atoms with Crippen LogP contribution in [0.4, 0.5) is 8.78 Å². The van der Waals surface area contributed by atoms with E-state index in [1.54, 1.807) is 4.57 Å². The molecule has 2 aromatic heterocycles. The van der Waals surface area contributed by atoms with Crippen molar-refractivity contribution >= 4 is 36.7 Å². The molecule has 0 unspecified atom stereocenters. The van der Waals surface area contributed by atoms with Crippen molar-refractivity contribution in [2.45, 2.75) is 71.4 Å². The summed E-state index contributed by atoms with van der Waals surface area (Å²) in [5.74, 6) is -3.85. The average molecular weight is 643 g/mol. The zero-order valence-electron chi connectivity index (χ0n) is 26.1. The number of carbonyl (C=O) groups is 3. The zero-order valence-corrected chi connectivity index (χ0v) is 27.1. The number of halogens is 2. The third-order valence-electron chi connectivity index (χ3n) is 8.02. The summed E-state index contributed by atoms with van der Waals surface area (Å²) >= 11 is 0. The Morgan fingerprint density at radius 3 is 2.47 bits per heavy atom. The number of ketones is 1. The Hall–Kier alpha value is -3.68. The lowest BCUT2D eigenvalue weighted by molar-refractivity contribution is -0.125. The molecular weight excluding hydrogens is 602 g/mol. The van der Waals surface area contributed by atoms with E-state index in [1.165, 1.54) is 18.5 Å². The van der Waals surface area contributed by atoms with Crippen LogP contribution in [0.15, 0.2) is 30.6 Å². The summed E-state index contributed by atoms with van der Waals surface area (Å²) in [7, 11) is -1.34. The van der Waals surface area contributed by atoms with E-state index in [2.05, 4.69) is 35.5 Å². The van der Waals surface area contributed by atoms with Gasteiger partial charge in [0.1, 0.15) is 23.9 Å². The quantitative estimate of drug-likeness (QED) is 0.135. The number of nitrogens with zero attached hydrogens (tertiary/aromatic N) is 2. The molecule has 0 radical (unpaired) electrons. The lowest BCUT2D eigenvalue weighted by Crippen LogP contribution is -2.42. The van der Waals surface area contributed by atoms with Crippen molar-refractivity contribution in [1.29, 1.82) is 0 Å². The number of hydrazine groups is 1. The lowest BCUT2D eigenvalue weighted by atomic mass is 9.82. The van der Waals surface area contributed by atoms with Gasteiger partial charge in [-0.2, -0.15) is 0 Å². The van der Waals surface area contributed by atoms with Crippen molar-refractivity contribution in [2.75, 3.05) is 19.8 Å². The second kappa shape index (κ2) is 13.4. The standard InChI is InChI=1S/C32H40F2N4O6Si/c1-32(17-43-18-32)9-7-22(39)13-20-14-24(33)28(25(34)15-20)44-26-8-10-35-29-27(26)23(31(41)37-36-30(40)21-5-6-21)16-38(29)19-42-11-12-45(2,3)4/h8,10,14-16,21H,5-7,9,11-13,17-19H2,1-4H3,(H,36,40)(H,37,41). The molecule has 3 heterocycles. The molecule has 1 aliphatic heterocycles. The molecule has 1 aromatic carbocycles. The highest BCUT2D eigenvalue weighted by molar-refractivity contribution is 6.76. The van der Waals surface area contributed by atoms with Crippen molar-refractivity contribution in [3.05, 3.63) is 53.4 Å². The molecular formula is C32H40F2N4O6Si. The highest BCUT2D eigenvalue weighted by atomic mass is 28.3. The van der Waals surface area contributed by atoms with E-state index in [0.29, 0.717) is 38.3 Å². The third kappa shape index (κ3) is 8.33. The maximum atomic E-state index is 15.3. The number of hydrogen-bond donors (Lipinski definition) is 2. The Balaban J connectivity index is 1.37. The van der Waals surface area contributed by atoms with Crippen LogP contribution in [0.5, 0.6) is 11.5 Å². The van der Waals surface area contributed by atoms with E-state index in [0.717, 1.165) is 31.0 Å². The number of rotatable bonds is 14. The van der Waals surface area contributed by atoms with Gasteiger partial charge in [-0.15, -0.1) is 0 Å². The number of benzene rings is 1. The smallest absolute Gasteiger partial charge is 0.272 e. The molecule has 13 heteroatoms. The minimum atomic E-state index is -1.34. The van der Waals surface area contributed by atoms with Crippen LogP contribution in [-0.4, -0.2) is 55.0 Å². The van der Waals surface area contributed by atoms with Gasteiger partial charge in [-0.1, -0.05) is 26.6 Å². The summed E-state index contributed by atoms with van der Waals surface area (Å²) in [6.45, 7) is 10.6. The van der Waals surface area contributed by atoms with E-state index in [4.69, 9.17) is 14.2 Å². The van der Waals surface area contributed by atoms with Gasteiger partial charge in [-0.3, -0.25) is 25.2 Å². The summed E-state index contributed by atoms with van der Waals surface area (Å²) in [5.41, 5.74) is 5.39. The van der Waals surface area contributed by atoms with Crippen molar-refractivity contribution in [2.24, 2.45) is 11.3 Å². The summed E-state index contributed by atoms with van der Waals surface area (Å²) in [5, 5.41) is 0.191. The summed E-state index contributed by atoms with van der Waals surface area (Å²) in [6, 6.07) is 4.51.